The van der Waals surface area contributed by atoms with Crippen molar-refractivity contribution in [2.45, 2.75) is 57.1 Å². The van der Waals surface area contributed by atoms with E-state index in [4.69, 9.17) is 0 Å². The minimum atomic E-state index is -2.54. The Bertz CT molecular complexity index is 176. The highest BCUT2D eigenvalue weighted by atomic mass is 19.3. The van der Waals surface area contributed by atoms with E-state index in [-0.39, 0.29) is 18.9 Å². The van der Waals surface area contributed by atoms with E-state index in [1.54, 1.807) is 0 Å². The minimum Gasteiger partial charge on any atom is -0.657 e. The van der Waals surface area contributed by atoms with E-state index < -0.39 is 12.0 Å². The Hall–Kier alpha value is -0.220. The number of aliphatic hydroxyl groups is 1. The first-order valence-corrected chi connectivity index (χ1v) is 5.26. The smallest absolute Gasteiger partial charge is 0.246 e. The molecule has 0 aromatic rings. The van der Waals surface area contributed by atoms with Gasteiger partial charge in [-0.05, 0) is 19.3 Å². The fourth-order valence-corrected chi connectivity index (χ4v) is 1.70. The molecule has 0 saturated heterocycles. The Morgan fingerprint density at radius 3 is 2.86 bits per heavy atom. The van der Waals surface area contributed by atoms with Crippen molar-refractivity contribution in [3.05, 3.63) is 5.32 Å². The zero-order valence-electron chi connectivity index (χ0n) is 8.55. The van der Waals surface area contributed by atoms with Crippen molar-refractivity contribution in [1.82, 2.24) is 0 Å². The van der Waals surface area contributed by atoms with Crippen molar-refractivity contribution >= 4 is 0 Å². The van der Waals surface area contributed by atoms with Crippen LogP contribution in [0.4, 0.5) is 8.78 Å². The molecule has 0 unspecified atom stereocenters. The van der Waals surface area contributed by atoms with Crippen LogP contribution in [0.15, 0.2) is 0 Å². The molecule has 0 radical (unpaired) electrons. The summed E-state index contributed by atoms with van der Waals surface area (Å²) in [7, 11) is 0. The summed E-state index contributed by atoms with van der Waals surface area (Å²) in [4.78, 5) is 0. The molecule has 1 rings (SSSR count). The van der Waals surface area contributed by atoms with E-state index >= 15 is 0 Å². The van der Waals surface area contributed by atoms with Crippen molar-refractivity contribution < 1.29 is 13.9 Å². The molecule has 0 amide bonds. The lowest BCUT2D eigenvalue weighted by Gasteiger charge is -2.39. The lowest BCUT2D eigenvalue weighted by atomic mass is 9.92. The molecule has 2 atom stereocenters. The first-order chi connectivity index (χ1) is 6.53. The topological polar surface area (TPSA) is 34.3 Å². The molecule has 0 aliphatic heterocycles. The van der Waals surface area contributed by atoms with Gasteiger partial charge in [-0.15, -0.1) is 12.6 Å². The summed E-state index contributed by atoms with van der Waals surface area (Å²) < 4.78 is 25.9. The number of hydrogen-bond acceptors (Lipinski definition) is 1. The third kappa shape index (κ3) is 3.88. The normalized spacial score (nSPS) is 28.7. The van der Waals surface area contributed by atoms with Crippen molar-refractivity contribution in [2.75, 3.05) is 6.54 Å². The molecule has 1 N–H and O–H groups in total. The Kier molecular flexibility index (Phi) is 4.26. The number of alkyl halides is 2. The average Bonchev–Trinajstić information content (AvgIpc) is 2.12. The van der Waals surface area contributed by atoms with E-state index in [9.17, 15) is 13.9 Å². The monoisotopic (exact) mass is 206 g/mol. The van der Waals surface area contributed by atoms with E-state index in [2.05, 4.69) is 5.32 Å². The van der Waals surface area contributed by atoms with Gasteiger partial charge in [0.05, 0.1) is 0 Å². The van der Waals surface area contributed by atoms with Crippen molar-refractivity contribution in [2.24, 2.45) is 0 Å². The third-order valence-corrected chi connectivity index (χ3v) is 2.66. The van der Waals surface area contributed by atoms with Crippen LogP contribution >= 0.6 is 0 Å². The second kappa shape index (κ2) is 5.03. The van der Waals surface area contributed by atoms with Gasteiger partial charge in [0, 0.05) is 12.5 Å². The largest absolute Gasteiger partial charge is 0.657 e. The second-order valence-corrected chi connectivity index (χ2v) is 4.03. The molecule has 1 aliphatic carbocycles. The predicted molar refractivity (Wildman–Crippen MR) is 51.7 cm³/mol. The average molecular weight is 206 g/mol. The Morgan fingerprint density at radius 1 is 1.57 bits per heavy atom. The molecule has 0 aromatic carbocycles. The molecule has 4 heteroatoms. The van der Waals surface area contributed by atoms with Crippen LogP contribution in [0.5, 0.6) is 0 Å². The highest BCUT2D eigenvalue weighted by molar-refractivity contribution is 4.98. The Morgan fingerprint density at radius 2 is 2.29 bits per heavy atom. The summed E-state index contributed by atoms with van der Waals surface area (Å²) in [6, 6.07) is -0.250. The van der Waals surface area contributed by atoms with Gasteiger partial charge in [-0.25, -0.2) is 8.78 Å². The van der Waals surface area contributed by atoms with Gasteiger partial charge in [-0.1, -0.05) is 13.3 Å². The number of hydrogen-bond donors (Lipinski definition) is 1. The molecule has 0 aromatic heterocycles. The molecule has 0 spiro atoms. The summed E-state index contributed by atoms with van der Waals surface area (Å²) in [6.45, 7) is 2.16. The van der Waals surface area contributed by atoms with Crippen LogP contribution in [0.2, 0.25) is 0 Å². The van der Waals surface area contributed by atoms with Gasteiger partial charge in [0.25, 0.3) is 0 Å². The van der Waals surface area contributed by atoms with Crippen molar-refractivity contribution in [3.8, 4) is 0 Å². The zero-order valence-corrected chi connectivity index (χ0v) is 8.55. The maximum absolute atomic E-state index is 12.9. The second-order valence-electron chi connectivity index (χ2n) is 4.03. The molecule has 0 bridgehead atoms. The lowest BCUT2D eigenvalue weighted by molar-refractivity contribution is -0.0369. The summed E-state index contributed by atoms with van der Waals surface area (Å²) in [5.74, 6) is -2.54. The third-order valence-electron chi connectivity index (χ3n) is 2.66. The maximum atomic E-state index is 12.9. The first kappa shape index (κ1) is 11.9. The maximum Gasteiger partial charge on any atom is 0.246 e. The number of nitrogens with zero attached hydrogens (tertiary/aromatic N) is 1. The first-order valence-electron chi connectivity index (χ1n) is 5.26. The molecule has 1 saturated carbocycles. The van der Waals surface area contributed by atoms with Gasteiger partial charge in [0.15, 0.2) is 0 Å². The van der Waals surface area contributed by atoms with Gasteiger partial charge in [-0.3, -0.25) is 0 Å². The van der Waals surface area contributed by atoms with Gasteiger partial charge < -0.3 is 10.4 Å². The van der Waals surface area contributed by atoms with Crippen LogP contribution in [-0.2, 0) is 0 Å². The van der Waals surface area contributed by atoms with E-state index in [1.807, 2.05) is 6.92 Å². The van der Waals surface area contributed by atoms with E-state index in [0.717, 1.165) is 6.42 Å². The zero-order chi connectivity index (χ0) is 10.6. The van der Waals surface area contributed by atoms with Crippen LogP contribution in [0, 0.1) is 0 Å². The molecular weight excluding hydrogens is 188 g/mol. The van der Waals surface area contributed by atoms with Gasteiger partial charge in [0.1, 0.15) is 0 Å². The van der Waals surface area contributed by atoms with Gasteiger partial charge in [0.2, 0.25) is 5.92 Å². The lowest BCUT2D eigenvalue weighted by Crippen LogP contribution is -2.30. The van der Waals surface area contributed by atoms with Crippen LogP contribution in [-0.4, -0.2) is 29.7 Å². The minimum absolute atomic E-state index is 0.00461. The summed E-state index contributed by atoms with van der Waals surface area (Å²) in [5, 5.41) is 13.4. The molecule has 2 nitrogen and oxygen atoms in total. The van der Waals surface area contributed by atoms with Crippen LogP contribution in [0.1, 0.15) is 39.0 Å². The molecule has 1 aliphatic rings. The molecule has 0 heterocycles. The fraction of sp³-hybridized carbons (Fsp3) is 1.00. The SMILES string of the molecule is CC[C@H](O)C[N-][C@H]1CCCC(F)(F)C1. The molecule has 14 heavy (non-hydrogen) atoms. The van der Waals surface area contributed by atoms with Gasteiger partial charge in [-0.2, -0.15) is 0 Å². The highest BCUT2D eigenvalue weighted by Crippen LogP contribution is 2.35. The van der Waals surface area contributed by atoms with Crippen molar-refractivity contribution in [3.63, 3.8) is 0 Å². The fourth-order valence-electron chi connectivity index (χ4n) is 1.70. The summed E-state index contributed by atoms with van der Waals surface area (Å²) in [5.41, 5.74) is 0. The summed E-state index contributed by atoms with van der Waals surface area (Å²) >= 11 is 0. The molecule has 84 valence electrons. The Labute approximate surface area is 83.7 Å². The van der Waals surface area contributed by atoms with Crippen molar-refractivity contribution in [1.29, 1.82) is 0 Å². The quantitative estimate of drug-likeness (QED) is 0.754. The highest BCUT2D eigenvalue weighted by Gasteiger charge is 2.32. The van der Waals surface area contributed by atoms with E-state index in [0.29, 0.717) is 19.4 Å². The standard InChI is InChI=1S/C10H18F2NO/c1-2-9(14)7-13-8-4-3-5-10(11,12)6-8/h8-9,14H,2-7H2,1H3/q-1/t8-,9-/m0/s1. The van der Waals surface area contributed by atoms with E-state index in [1.165, 1.54) is 0 Å². The predicted octanol–water partition coefficient (Wildman–Crippen LogP) is 2.71. The van der Waals surface area contributed by atoms with Crippen LogP contribution in [0.25, 0.3) is 5.32 Å². The van der Waals surface area contributed by atoms with Crippen LogP contribution < -0.4 is 0 Å². The number of halogens is 2. The molecular formula is C10H18F2NO-. The summed E-state index contributed by atoms with van der Waals surface area (Å²) in [6.07, 6.45) is 1.31. The van der Waals surface area contributed by atoms with Crippen LogP contribution in [0.3, 0.4) is 0 Å². The molecule has 1 fully saturated rings. The Balaban J connectivity index is 2.24. The van der Waals surface area contributed by atoms with Gasteiger partial charge >= 0.3 is 0 Å². The number of aliphatic hydroxyl groups excluding tert-OH is 1. The number of rotatable bonds is 4.